The summed E-state index contributed by atoms with van der Waals surface area (Å²) in [6.07, 6.45) is 0.901. The summed E-state index contributed by atoms with van der Waals surface area (Å²) in [6.45, 7) is 0.912. The molecule has 1 nitrogen and oxygen atoms in total. The van der Waals surface area contributed by atoms with Gasteiger partial charge in [-0.3, -0.25) is 0 Å². The molecule has 0 spiro atoms. The van der Waals surface area contributed by atoms with Crippen molar-refractivity contribution in [2.45, 2.75) is 13.0 Å². The number of benzene rings is 1. The lowest BCUT2D eigenvalue weighted by Gasteiger charge is -1.98. The molecule has 14 heavy (non-hydrogen) atoms. The molecule has 74 valence electrons. The normalized spacial score (nSPS) is 9.29. The maximum atomic E-state index is 3.34. The van der Waals surface area contributed by atoms with E-state index in [1.54, 1.807) is 0 Å². The summed E-state index contributed by atoms with van der Waals surface area (Å²) in [7, 11) is 1.95. The molecular formula is C12H14BrN. The Morgan fingerprint density at radius 3 is 2.57 bits per heavy atom. The van der Waals surface area contributed by atoms with Gasteiger partial charge in [-0.05, 0) is 24.7 Å². The van der Waals surface area contributed by atoms with Crippen molar-refractivity contribution in [1.29, 1.82) is 0 Å². The molecular weight excluding hydrogens is 238 g/mol. The van der Waals surface area contributed by atoms with Crippen LogP contribution < -0.4 is 5.32 Å². The highest BCUT2D eigenvalue weighted by atomic mass is 79.9. The Morgan fingerprint density at radius 1 is 1.29 bits per heavy atom. The van der Waals surface area contributed by atoms with Crippen molar-refractivity contribution in [2.24, 2.45) is 0 Å². The summed E-state index contributed by atoms with van der Waals surface area (Å²) < 4.78 is 0. The van der Waals surface area contributed by atoms with Crippen LogP contribution >= 0.6 is 15.9 Å². The first kappa shape index (κ1) is 11.3. The number of halogens is 1. The zero-order valence-electron chi connectivity index (χ0n) is 8.31. The highest BCUT2D eigenvalue weighted by Crippen LogP contribution is 2.02. The molecule has 0 unspecified atom stereocenters. The SMILES string of the molecule is CNCc1ccc(C#CCCBr)cc1. The maximum Gasteiger partial charge on any atom is 0.0245 e. The molecule has 0 saturated heterocycles. The number of rotatable bonds is 3. The van der Waals surface area contributed by atoms with E-state index in [0.717, 1.165) is 23.9 Å². The van der Waals surface area contributed by atoms with Crippen molar-refractivity contribution in [3.8, 4) is 11.8 Å². The Kier molecular flexibility index (Phi) is 5.36. The third-order valence-corrected chi connectivity index (χ3v) is 2.18. The molecule has 1 N–H and O–H groups in total. The molecule has 0 heterocycles. The van der Waals surface area contributed by atoms with Gasteiger partial charge >= 0.3 is 0 Å². The summed E-state index contributed by atoms with van der Waals surface area (Å²) in [5.74, 6) is 6.20. The van der Waals surface area contributed by atoms with Gasteiger partial charge in [0.25, 0.3) is 0 Å². The minimum absolute atomic E-state index is 0.901. The van der Waals surface area contributed by atoms with E-state index in [9.17, 15) is 0 Å². The monoisotopic (exact) mass is 251 g/mol. The first-order valence-corrected chi connectivity index (χ1v) is 5.77. The van der Waals surface area contributed by atoms with Gasteiger partial charge < -0.3 is 5.32 Å². The van der Waals surface area contributed by atoms with E-state index in [0.29, 0.717) is 0 Å². The minimum atomic E-state index is 0.901. The van der Waals surface area contributed by atoms with Crippen LogP contribution in [-0.2, 0) is 6.54 Å². The number of nitrogens with one attached hydrogen (secondary N) is 1. The first-order valence-electron chi connectivity index (χ1n) is 4.65. The van der Waals surface area contributed by atoms with Crippen molar-refractivity contribution in [3.63, 3.8) is 0 Å². The summed E-state index contributed by atoms with van der Waals surface area (Å²) in [6, 6.07) is 8.34. The van der Waals surface area contributed by atoms with Crippen LogP contribution in [-0.4, -0.2) is 12.4 Å². The zero-order chi connectivity index (χ0) is 10.2. The second-order valence-corrected chi connectivity index (χ2v) is 3.76. The fraction of sp³-hybridized carbons (Fsp3) is 0.333. The zero-order valence-corrected chi connectivity index (χ0v) is 9.89. The van der Waals surface area contributed by atoms with E-state index in [1.165, 1.54) is 5.56 Å². The fourth-order valence-corrected chi connectivity index (χ4v) is 1.32. The summed E-state index contributed by atoms with van der Waals surface area (Å²) in [4.78, 5) is 0. The molecule has 1 rings (SSSR count). The van der Waals surface area contributed by atoms with Crippen LogP contribution in [0.5, 0.6) is 0 Å². The molecule has 0 aliphatic heterocycles. The Labute approximate surface area is 94.0 Å². The van der Waals surface area contributed by atoms with E-state index in [-0.39, 0.29) is 0 Å². The van der Waals surface area contributed by atoms with Crippen LogP contribution in [0.3, 0.4) is 0 Å². The van der Waals surface area contributed by atoms with Gasteiger partial charge in [0.2, 0.25) is 0 Å². The van der Waals surface area contributed by atoms with Gasteiger partial charge in [0.1, 0.15) is 0 Å². The molecule has 2 heteroatoms. The van der Waals surface area contributed by atoms with Crippen LogP contribution in [0.15, 0.2) is 24.3 Å². The third-order valence-electron chi connectivity index (χ3n) is 1.79. The van der Waals surface area contributed by atoms with Crippen molar-refractivity contribution < 1.29 is 0 Å². The molecule has 0 aliphatic rings. The molecule has 0 aliphatic carbocycles. The summed E-state index contributed by atoms with van der Waals surface area (Å²) in [5.41, 5.74) is 2.38. The predicted molar refractivity (Wildman–Crippen MR) is 64.5 cm³/mol. The van der Waals surface area contributed by atoms with Gasteiger partial charge in [0, 0.05) is 23.9 Å². The van der Waals surface area contributed by atoms with Crippen LogP contribution in [0.2, 0.25) is 0 Å². The molecule has 0 aromatic heterocycles. The number of hydrogen-bond donors (Lipinski definition) is 1. The Bertz CT molecular complexity index is 318. The van der Waals surface area contributed by atoms with Crippen molar-refractivity contribution in [3.05, 3.63) is 35.4 Å². The largest absolute Gasteiger partial charge is 0.316 e. The fourth-order valence-electron chi connectivity index (χ4n) is 1.12. The smallest absolute Gasteiger partial charge is 0.0245 e. The first-order chi connectivity index (χ1) is 6.86. The molecule has 0 fully saturated rings. The van der Waals surface area contributed by atoms with Crippen molar-refractivity contribution >= 4 is 15.9 Å². The lowest BCUT2D eigenvalue weighted by Crippen LogP contribution is -2.04. The van der Waals surface area contributed by atoms with E-state index >= 15 is 0 Å². The van der Waals surface area contributed by atoms with Gasteiger partial charge in [0.15, 0.2) is 0 Å². The van der Waals surface area contributed by atoms with Crippen LogP contribution in [0, 0.1) is 11.8 Å². The molecule has 1 aromatic rings. The summed E-state index contributed by atoms with van der Waals surface area (Å²) in [5, 5.41) is 4.06. The molecule has 1 aromatic carbocycles. The van der Waals surface area contributed by atoms with Gasteiger partial charge in [-0.15, -0.1) is 0 Å². The van der Waals surface area contributed by atoms with E-state index in [1.807, 2.05) is 7.05 Å². The van der Waals surface area contributed by atoms with E-state index in [2.05, 4.69) is 57.4 Å². The van der Waals surface area contributed by atoms with Crippen LogP contribution in [0.1, 0.15) is 17.5 Å². The van der Waals surface area contributed by atoms with Gasteiger partial charge in [-0.25, -0.2) is 0 Å². The standard InChI is InChI=1S/C12H14BrN/c1-14-10-12-7-5-11(6-8-12)4-2-3-9-13/h5-8,14H,3,9-10H2,1H3. The lowest BCUT2D eigenvalue weighted by molar-refractivity contribution is 0.818. The molecule has 0 atom stereocenters. The highest BCUT2D eigenvalue weighted by Gasteiger charge is 1.89. The Morgan fingerprint density at radius 2 is 2.00 bits per heavy atom. The average Bonchev–Trinajstić information content (AvgIpc) is 2.21. The summed E-state index contributed by atoms with van der Waals surface area (Å²) >= 11 is 3.34. The maximum absolute atomic E-state index is 3.34. The van der Waals surface area contributed by atoms with Gasteiger partial charge in [0.05, 0.1) is 0 Å². The second-order valence-electron chi connectivity index (χ2n) is 2.97. The van der Waals surface area contributed by atoms with E-state index < -0.39 is 0 Å². The Hall–Kier alpha value is -0.780. The number of alkyl halides is 1. The highest BCUT2D eigenvalue weighted by molar-refractivity contribution is 9.09. The van der Waals surface area contributed by atoms with E-state index in [4.69, 9.17) is 0 Å². The molecule has 0 bridgehead atoms. The van der Waals surface area contributed by atoms with Crippen LogP contribution in [0.25, 0.3) is 0 Å². The molecule has 0 radical (unpaired) electrons. The predicted octanol–water partition coefficient (Wildman–Crippen LogP) is 2.54. The van der Waals surface area contributed by atoms with Gasteiger partial charge in [-0.2, -0.15) is 0 Å². The second kappa shape index (κ2) is 6.64. The molecule has 0 amide bonds. The Balaban J connectivity index is 2.60. The minimum Gasteiger partial charge on any atom is -0.316 e. The van der Waals surface area contributed by atoms with Crippen LogP contribution in [0.4, 0.5) is 0 Å². The lowest BCUT2D eigenvalue weighted by atomic mass is 10.1. The van der Waals surface area contributed by atoms with Crippen molar-refractivity contribution in [2.75, 3.05) is 12.4 Å². The quantitative estimate of drug-likeness (QED) is 0.644. The average molecular weight is 252 g/mol. The molecule has 0 saturated carbocycles. The number of hydrogen-bond acceptors (Lipinski definition) is 1. The van der Waals surface area contributed by atoms with Gasteiger partial charge in [-0.1, -0.05) is 39.9 Å². The van der Waals surface area contributed by atoms with Crippen molar-refractivity contribution in [1.82, 2.24) is 5.32 Å². The topological polar surface area (TPSA) is 12.0 Å². The third kappa shape index (κ3) is 3.95.